The van der Waals surface area contributed by atoms with Crippen molar-refractivity contribution >= 4 is 69.9 Å². The molecular weight excluding hydrogens is 601 g/mol. The number of rotatable bonds is 9. The molecule has 2 aliphatic rings. The number of carbonyl (C=O) groups is 5. The topological polar surface area (TPSA) is 210 Å². The van der Waals surface area contributed by atoms with Crippen molar-refractivity contribution in [2.24, 2.45) is 5.92 Å². The molecule has 2 fully saturated rings. The first-order valence-corrected chi connectivity index (χ1v) is 14.5. The maximum atomic E-state index is 12.6. The van der Waals surface area contributed by atoms with E-state index >= 15 is 0 Å². The number of hydrogen-bond acceptors (Lipinski definition) is 10. The molecule has 1 aromatic carbocycles. The normalized spacial score (nSPS) is 18.8. The first kappa shape index (κ1) is 36.2. The van der Waals surface area contributed by atoms with Crippen LogP contribution in [0.25, 0.3) is 0 Å². The van der Waals surface area contributed by atoms with Gasteiger partial charge in [-0.25, -0.2) is 14.4 Å². The van der Waals surface area contributed by atoms with E-state index in [1.807, 2.05) is 0 Å². The van der Waals surface area contributed by atoms with Gasteiger partial charge in [-0.1, -0.05) is 26.0 Å². The van der Waals surface area contributed by atoms with E-state index in [9.17, 15) is 32.4 Å². The number of nitrogens with one attached hydrogen (secondary N) is 3. The average molecular weight is 638 g/mol. The van der Waals surface area contributed by atoms with Crippen molar-refractivity contribution in [1.29, 1.82) is 0 Å². The number of benzene rings is 1. The van der Waals surface area contributed by atoms with Crippen LogP contribution in [-0.2, 0) is 40.2 Å². The minimum absolute atomic E-state index is 0. The molecule has 3 rings (SSSR count). The standard InChI is InChI=1S/C25H35N5O11S.Na.H/c1-14(2)20(22(33)40-25(3,4)5)26-23(34)39-17-9-6-15(7-10-17)12-19(31)27-28-21(32)18-11-8-16-13-29(18)24(35)30(16)41-42(36,37)38;;/h6-7,9-10,14,16,18,20H,8,11-13H2,1-5H3,(H,26,34)(H,27,31)(H,28,32)(H,36,37,38);;. The SMILES string of the molecule is CC(C)C(NC(=O)Oc1ccc(CC(=O)NNC(=O)C2CCC3CN2C(=O)N3OS(=O)(=O)O)cc1)C(=O)OC(C)(C)C.[NaH]. The third kappa shape index (κ3) is 10.6. The van der Waals surface area contributed by atoms with E-state index in [4.69, 9.17) is 14.0 Å². The summed E-state index contributed by atoms with van der Waals surface area (Å²) in [6, 6.07) is 2.51. The van der Waals surface area contributed by atoms with Crippen LogP contribution < -0.4 is 20.9 Å². The van der Waals surface area contributed by atoms with E-state index in [1.165, 1.54) is 24.3 Å². The van der Waals surface area contributed by atoms with Crippen LogP contribution in [0.15, 0.2) is 24.3 Å². The van der Waals surface area contributed by atoms with E-state index in [0.29, 0.717) is 10.6 Å². The van der Waals surface area contributed by atoms with E-state index < -0.39 is 64.0 Å². The van der Waals surface area contributed by atoms with Gasteiger partial charge in [0, 0.05) is 6.54 Å². The van der Waals surface area contributed by atoms with Crippen LogP contribution in [0.4, 0.5) is 9.59 Å². The van der Waals surface area contributed by atoms with Crippen molar-refractivity contribution in [3.8, 4) is 5.75 Å². The van der Waals surface area contributed by atoms with Crippen LogP contribution in [-0.4, -0.2) is 113 Å². The summed E-state index contributed by atoms with van der Waals surface area (Å²) < 4.78 is 45.8. The molecule has 2 saturated heterocycles. The Bertz CT molecular complexity index is 1320. The average Bonchev–Trinajstić information content (AvgIpc) is 3.09. The summed E-state index contributed by atoms with van der Waals surface area (Å²) in [4.78, 5) is 63.3. The van der Waals surface area contributed by atoms with Crippen LogP contribution >= 0.6 is 0 Å². The van der Waals surface area contributed by atoms with Crippen LogP contribution in [0.5, 0.6) is 5.75 Å². The van der Waals surface area contributed by atoms with E-state index in [2.05, 4.69) is 20.5 Å². The van der Waals surface area contributed by atoms with Gasteiger partial charge in [0.05, 0.1) is 12.5 Å². The van der Waals surface area contributed by atoms with Gasteiger partial charge < -0.3 is 19.7 Å². The molecule has 4 N–H and O–H groups in total. The van der Waals surface area contributed by atoms with Gasteiger partial charge in [0.1, 0.15) is 23.4 Å². The minimum atomic E-state index is -4.92. The van der Waals surface area contributed by atoms with Crippen LogP contribution in [0.1, 0.15) is 53.0 Å². The second-order valence-electron chi connectivity index (χ2n) is 11.2. The Morgan fingerprint density at radius 1 is 1.07 bits per heavy atom. The van der Waals surface area contributed by atoms with E-state index in [1.54, 1.807) is 34.6 Å². The molecule has 1 aromatic rings. The third-order valence-electron chi connectivity index (χ3n) is 6.22. The number of hydrogen-bond donors (Lipinski definition) is 4. The Morgan fingerprint density at radius 2 is 1.70 bits per heavy atom. The number of amides is 5. The number of esters is 1. The van der Waals surface area contributed by atoms with Crippen molar-refractivity contribution in [3.63, 3.8) is 0 Å². The number of urea groups is 1. The first-order valence-electron chi connectivity index (χ1n) is 13.1. The van der Waals surface area contributed by atoms with Crippen LogP contribution in [0.2, 0.25) is 0 Å². The Balaban J connectivity index is 0.00000645. The number of hydroxylamine groups is 2. The van der Waals surface area contributed by atoms with Gasteiger partial charge in [-0.2, -0.15) is 13.5 Å². The Kier molecular flexibility index (Phi) is 12.4. The number of hydrazine groups is 1. The third-order valence-corrected chi connectivity index (χ3v) is 6.57. The molecule has 18 heteroatoms. The molecule has 0 saturated carbocycles. The molecule has 0 spiro atoms. The zero-order valence-corrected chi connectivity index (χ0v) is 24.6. The maximum absolute atomic E-state index is 12.6. The number of fused-ring (bicyclic) bond motifs is 2. The van der Waals surface area contributed by atoms with Crippen LogP contribution in [0.3, 0.4) is 0 Å². The molecule has 2 heterocycles. The van der Waals surface area contributed by atoms with Gasteiger partial charge in [0.25, 0.3) is 5.91 Å². The predicted octanol–water partition coefficient (Wildman–Crippen LogP) is 0.186. The number of piperidine rings is 1. The van der Waals surface area contributed by atoms with Gasteiger partial charge in [0.2, 0.25) is 5.91 Å². The van der Waals surface area contributed by atoms with Gasteiger partial charge in [-0.05, 0) is 57.2 Å². The first-order chi connectivity index (χ1) is 19.4. The molecular formula is C25H36N5NaO11S. The molecule has 3 atom stereocenters. The molecule has 16 nitrogen and oxygen atoms in total. The predicted molar refractivity (Wildman–Crippen MR) is 151 cm³/mol. The van der Waals surface area contributed by atoms with Gasteiger partial charge in [0.15, 0.2) is 0 Å². The van der Waals surface area contributed by atoms with Crippen molar-refractivity contribution in [3.05, 3.63) is 29.8 Å². The van der Waals surface area contributed by atoms with Crippen molar-refractivity contribution in [1.82, 2.24) is 26.1 Å². The fourth-order valence-electron chi connectivity index (χ4n) is 4.35. The number of nitrogens with zero attached hydrogens (tertiary/aromatic N) is 2. The summed E-state index contributed by atoms with van der Waals surface area (Å²) in [5.74, 6) is -1.95. The van der Waals surface area contributed by atoms with Gasteiger partial charge >= 0.3 is 58.0 Å². The quantitative estimate of drug-likeness (QED) is 0.124. The summed E-state index contributed by atoms with van der Waals surface area (Å²) in [6.07, 6.45) is -0.596. The molecule has 0 radical (unpaired) electrons. The molecule has 2 aliphatic heterocycles. The summed E-state index contributed by atoms with van der Waals surface area (Å²) in [6.45, 7) is 8.67. The zero-order valence-electron chi connectivity index (χ0n) is 23.8. The monoisotopic (exact) mass is 637 g/mol. The van der Waals surface area contributed by atoms with Gasteiger partial charge in [-0.15, -0.1) is 4.28 Å². The van der Waals surface area contributed by atoms with Crippen LogP contribution in [0, 0.1) is 5.92 Å². The Morgan fingerprint density at radius 3 is 2.26 bits per heavy atom. The summed E-state index contributed by atoms with van der Waals surface area (Å²) in [7, 11) is -4.92. The second kappa shape index (κ2) is 14.7. The molecule has 0 aromatic heterocycles. The molecule has 2 bridgehead atoms. The second-order valence-corrected chi connectivity index (χ2v) is 12.2. The number of carbonyl (C=O) groups excluding carboxylic acids is 5. The van der Waals surface area contributed by atoms with E-state index in [-0.39, 0.29) is 67.0 Å². The van der Waals surface area contributed by atoms with E-state index in [0.717, 1.165) is 4.90 Å². The van der Waals surface area contributed by atoms with Crippen molar-refractivity contribution in [2.45, 2.75) is 77.6 Å². The Labute approximate surface area is 271 Å². The molecule has 0 aliphatic carbocycles. The molecule has 5 amide bonds. The summed E-state index contributed by atoms with van der Waals surface area (Å²) in [5.41, 5.74) is 4.31. The van der Waals surface area contributed by atoms with Crippen molar-refractivity contribution in [2.75, 3.05) is 6.54 Å². The van der Waals surface area contributed by atoms with Crippen molar-refractivity contribution < 1.29 is 50.7 Å². The molecule has 3 unspecified atom stereocenters. The molecule has 43 heavy (non-hydrogen) atoms. The summed E-state index contributed by atoms with van der Waals surface area (Å²) in [5, 5.41) is 3.02. The fourth-order valence-corrected chi connectivity index (χ4v) is 4.74. The Hall–Kier alpha value is -2.96. The summed E-state index contributed by atoms with van der Waals surface area (Å²) >= 11 is 0. The fraction of sp³-hybridized carbons (Fsp3) is 0.560. The van der Waals surface area contributed by atoms with Gasteiger partial charge in [-0.3, -0.25) is 25.0 Å². The number of ether oxygens (including phenoxy) is 2. The molecule has 234 valence electrons. The zero-order chi connectivity index (χ0) is 31.4.